The van der Waals surface area contributed by atoms with Crippen LogP contribution in [0.1, 0.15) is 19.3 Å². The van der Waals surface area contributed by atoms with Crippen molar-refractivity contribution in [3.63, 3.8) is 0 Å². The summed E-state index contributed by atoms with van der Waals surface area (Å²) in [6, 6.07) is 2.03. The number of nitrogens with one attached hydrogen (secondary N) is 1. The molecule has 4 heterocycles. The van der Waals surface area contributed by atoms with Crippen LogP contribution in [0.5, 0.6) is 0 Å². The van der Waals surface area contributed by atoms with Crippen molar-refractivity contribution >= 4 is 33.3 Å². The molecule has 128 valence electrons. The number of carbonyl (C=O) groups excluding carboxylic acids is 1. The molecular weight excluding hydrogens is 322 g/mol. The Labute approximate surface area is 145 Å². The second-order valence-electron chi connectivity index (χ2n) is 6.60. The third kappa shape index (κ3) is 3.23. The van der Waals surface area contributed by atoms with Crippen molar-refractivity contribution in [3.8, 4) is 0 Å². The molecule has 0 aliphatic carbocycles. The van der Waals surface area contributed by atoms with Gasteiger partial charge in [0.1, 0.15) is 12.1 Å². The van der Waals surface area contributed by atoms with Crippen molar-refractivity contribution in [3.05, 3.63) is 17.8 Å². The van der Waals surface area contributed by atoms with Gasteiger partial charge in [-0.05, 0) is 43.3 Å². The van der Waals surface area contributed by atoms with Gasteiger partial charge in [-0.2, -0.15) is 0 Å². The fourth-order valence-electron chi connectivity index (χ4n) is 3.62. The predicted octanol–water partition coefficient (Wildman–Crippen LogP) is 1.73. The summed E-state index contributed by atoms with van der Waals surface area (Å²) in [7, 11) is 0. The van der Waals surface area contributed by atoms with Crippen LogP contribution in [-0.4, -0.2) is 60.0 Å². The standard InChI is InChI=1S/C17H23N5OS/c23-15(2-1-13-3-5-18-11-13)21-6-8-22(9-7-21)17-16-14(4-10-24-16)19-12-20-17/h4,10,12-13,18H,1-3,5-9,11H2. The fourth-order valence-corrected chi connectivity index (χ4v) is 4.48. The van der Waals surface area contributed by atoms with Gasteiger partial charge in [-0.1, -0.05) is 0 Å². The second-order valence-corrected chi connectivity index (χ2v) is 7.51. The Bertz CT molecular complexity index is 704. The van der Waals surface area contributed by atoms with Crippen LogP contribution >= 0.6 is 11.3 Å². The van der Waals surface area contributed by atoms with Gasteiger partial charge in [-0.25, -0.2) is 9.97 Å². The lowest BCUT2D eigenvalue weighted by Gasteiger charge is -2.35. The molecule has 1 N–H and O–H groups in total. The third-order valence-corrected chi connectivity index (χ3v) is 5.98. The zero-order chi connectivity index (χ0) is 16.4. The van der Waals surface area contributed by atoms with E-state index in [-0.39, 0.29) is 0 Å². The molecule has 0 saturated carbocycles. The van der Waals surface area contributed by atoms with Crippen molar-refractivity contribution in [1.29, 1.82) is 0 Å². The van der Waals surface area contributed by atoms with Crippen LogP contribution in [0.15, 0.2) is 17.8 Å². The lowest BCUT2D eigenvalue weighted by atomic mass is 10.0. The van der Waals surface area contributed by atoms with E-state index in [9.17, 15) is 4.79 Å². The quantitative estimate of drug-likeness (QED) is 0.914. The normalized spacial score (nSPS) is 21.6. The Morgan fingerprint density at radius 1 is 1.29 bits per heavy atom. The van der Waals surface area contributed by atoms with Gasteiger partial charge in [-0.15, -0.1) is 11.3 Å². The summed E-state index contributed by atoms with van der Waals surface area (Å²) in [5, 5.41) is 5.43. The summed E-state index contributed by atoms with van der Waals surface area (Å²) >= 11 is 1.68. The van der Waals surface area contributed by atoms with Crippen molar-refractivity contribution in [2.24, 2.45) is 5.92 Å². The first-order valence-corrected chi connectivity index (χ1v) is 9.61. The molecule has 2 aliphatic heterocycles. The average molecular weight is 345 g/mol. The minimum atomic E-state index is 0.311. The minimum absolute atomic E-state index is 0.311. The van der Waals surface area contributed by atoms with Crippen LogP contribution < -0.4 is 10.2 Å². The highest BCUT2D eigenvalue weighted by Crippen LogP contribution is 2.28. The molecule has 2 aromatic rings. The molecule has 0 spiro atoms. The molecule has 24 heavy (non-hydrogen) atoms. The summed E-state index contributed by atoms with van der Waals surface area (Å²) in [6.07, 6.45) is 4.56. The van der Waals surface area contributed by atoms with Crippen LogP contribution in [0.2, 0.25) is 0 Å². The van der Waals surface area contributed by atoms with Gasteiger partial charge in [-0.3, -0.25) is 4.79 Å². The third-order valence-electron chi connectivity index (χ3n) is 5.09. The Morgan fingerprint density at radius 2 is 2.17 bits per heavy atom. The maximum absolute atomic E-state index is 12.4. The number of hydrogen-bond donors (Lipinski definition) is 1. The molecule has 1 atom stereocenters. The summed E-state index contributed by atoms with van der Waals surface area (Å²) in [6.45, 7) is 5.46. The van der Waals surface area contributed by atoms with Crippen molar-refractivity contribution in [2.45, 2.75) is 19.3 Å². The summed E-state index contributed by atoms with van der Waals surface area (Å²) in [5.74, 6) is 2.01. The first-order valence-electron chi connectivity index (χ1n) is 8.73. The summed E-state index contributed by atoms with van der Waals surface area (Å²) in [4.78, 5) is 25.5. The molecule has 0 bridgehead atoms. The number of amides is 1. The van der Waals surface area contributed by atoms with E-state index < -0.39 is 0 Å². The molecular formula is C17H23N5OS. The van der Waals surface area contributed by atoms with Crippen LogP contribution in [0.3, 0.4) is 0 Å². The Kier molecular flexibility index (Phi) is 4.62. The molecule has 1 unspecified atom stereocenters. The van der Waals surface area contributed by atoms with Gasteiger partial charge in [0.05, 0.1) is 10.2 Å². The van der Waals surface area contributed by atoms with E-state index in [0.717, 1.165) is 61.7 Å². The second kappa shape index (κ2) is 7.03. The van der Waals surface area contributed by atoms with E-state index in [1.807, 2.05) is 11.0 Å². The van der Waals surface area contributed by atoms with E-state index in [4.69, 9.17) is 0 Å². The highest BCUT2D eigenvalue weighted by atomic mass is 32.1. The number of thiophene rings is 1. The van der Waals surface area contributed by atoms with Gasteiger partial charge in [0.15, 0.2) is 0 Å². The molecule has 2 aromatic heterocycles. The maximum atomic E-state index is 12.4. The number of aromatic nitrogens is 2. The first kappa shape index (κ1) is 15.8. The Morgan fingerprint density at radius 3 is 2.96 bits per heavy atom. The summed E-state index contributed by atoms with van der Waals surface area (Å²) < 4.78 is 1.14. The Balaban J connectivity index is 1.33. The first-order chi connectivity index (χ1) is 11.8. The lowest BCUT2D eigenvalue weighted by Crippen LogP contribution is -2.49. The van der Waals surface area contributed by atoms with E-state index in [1.165, 1.54) is 6.42 Å². The predicted molar refractivity (Wildman–Crippen MR) is 96.4 cm³/mol. The molecule has 0 aromatic carbocycles. The topological polar surface area (TPSA) is 61.4 Å². The lowest BCUT2D eigenvalue weighted by molar-refractivity contribution is -0.131. The van der Waals surface area contributed by atoms with E-state index in [1.54, 1.807) is 17.7 Å². The number of piperazine rings is 1. The van der Waals surface area contributed by atoms with E-state index >= 15 is 0 Å². The number of nitrogens with zero attached hydrogens (tertiary/aromatic N) is 4. The molecule has 6 nitrogen and oxygen atoms in total. The van der Waals surface area contributed by atoms with Crippen LogP contribution in [0.4, 0.5) is 5.82 Å². The van der Waals surface area contributed by atoms with Crippen LogP contribution in [-0.2, 0) is 4.79 Å². The highest BCUT2D eigenvalue weighted by Gasteiger charge is 2.24. The molecule has 2 saturated heterocycles. The number of rotatable bonds is 4. The molecule has 1 amide bonds. The maximum Gasteiger partial charge on any atom is 0.222 e. The summed E-state index contributed by atoms with van der Waals surface area (Å²) in [5.41, 5.74) is 1.01. The van der Waals surface area contributed by atoms with E-state index in [2.05, 4.69) is 25.6 Å². The highest BCUT2D eigenvalue weighted by molar-refractivity contribution is 7.17. The molecule has 7 heteroatoms. The smallest absolute Gasteiger partial charge is 0.222 e. The molecule has 4 rings (SSSR count). The largest absolute Gasteiger partial charge is 0.352 e. The van der Waals surface area contributed by atoms with Gasteiger partial charge in [0.25, 0.3) is 0 Å². The monoisotopic (exact) mass is 345 g/mol. The van der Waals surface area contributed by atoms with Crippen LogP contribution in [0.25, 0.3) is 10.2 Å². The molecule has 2 fully saturated rings. The minimum Gasteiger partial charge on any atom is -0.352 e. The van der Waals surface area contributed by atoms with Crippen molar-refractivity contribution in [2.75, 3.05) is 44.2 Å². The number of anilines is 1. The molecule has 0 radical (unpaired) electrons. The number of carbonyl (C=O) groups is 1. The van der Waals surface area contributed by atoms with Crippen LogP contribution in [0, 0.1) is 5.92 Å². The number of hydrogen-bond acceptors (Lipinski definition) is 6. The van der Waals surface area contributed by atoms with Gasteiger partial charge in [0.2, 0.25) is 5.91 Å². The average Bonchev–Trinajstić information content (AvgIpc) is 3.31. The zero-order valence-corrected chi connectivity index (χ0v) is 14.6. The zero-order valence-electron chi connectivity index (χ0n) is 13.8. The van der Waals surface area contributed by atoms with Crippen molar-refractivity contribution < 1.29 is 4.79 Å². The molecule has 2 aliphatic rings. The van der Waals surface area contributed by atoms with Crippen molar-refractivity contribution in [1.82, 2.24) is 20.2 Å². The van der Waals surface area contributed by atoms with Gasteiger partial charge >= 0.3 is 0 Å². The Hall–Kier alpha value is -1.73. The SMILES string of the molecule is O=C(CCC1CCNC1)N1CCN(c2ncnc3ccsc23)CC1. The van der Waals surface area contributed by atoms with Gasteiger partial charge in [0, 0.05) is 32.6 Å². The fraction of sp³-hybridized carbons (Fsp3) is 0.588. The number of fused-ring (bicyclic) bond motifs is 1. The van der Waals surface area contributed by atoms with Gasteiger partial charge < -0.3 is 15.1 Å². The van der Waals surface area contributed by atoms with E-state index in [0.29, 0.717) is 18.2 Å².